The van der Waals surface area contributed by atoms with E-state index in [1.165, 1.54) is 24.3 Å². The summed E-state index contributed by atoms with van der Waals surface area (Å²) < 4.78 is 0. The lowest BCUT2D eigenvalue weighted by atomic mass is 10.2. The van der Waals surface area contributed by atoms with Gasteiger partial charge in [0.2, 0.25) is 0 Å². The third-order valence-corrected chi connectivity index (χ3v) is 2.80. The highest BCUT2D eigenvalue weighted by atomic mass is 16.6. The molecule has 0 unspecified atom stereocenters. The lowest BCUT2D eigenvalue weighted by Gasteiger charge is -2.08. The van der Waals surface area contributed by atoms with Gasteiger partial charge in [-0.1, -0.05) is 0 Å². The number of nitrogens with zero attached hydrogens (tertiary/aromatic N) is 3. The predicted molar refractivity (Wildman–Crippen MR) is 66.7 cm³/mol. The number of hydrogen-bond acceptors (Lipinski definition) is 3. The number of carbonyl (C=O) groups excluding carboxylic acids is 1. The van der Waals surface area contributed by atoms with Crippen LogP contribution < -0.4 is 0 Å². The molecular weight excluding hydrogens is 234 g/mol. The van der Waals surface area contributed by atoms with Crippen LogP contribution in [-0.2, 0) is 0 Å². The van der Waals surface area contributed by atoms with E-state index in [0.717, 1.165) is 25.9 Å². The van der Waals surface area contributed by atoms with E-state index in [0.29, 0.717) is 5.56 Å². The standard InChI is InChI=1S/C12H13N3O3/c16-12(13-9-14-7-1-2-8-14)10-3-5-11(6-4-10)15(17)18/h3-6,9H,1-2,7-8H2. The first-order valence-electron chi connectivity index (χ1n) is 5.74. The first kappa shape index (κ1) is 12.2. The number of nitro groups is 1. The number of carbonyl (C=O) groups is 1. The highest BCUT2D eigenvalue weighted by Crippen LogP contribution is 2.12. The highest BCUT2D eigenvalue weighted by molar-refractivity contribution is 5.98. The van der Waals surface area contributed by atoms with Crippen molar-refractivity contribution in [2.75, 3.05) is 13.1 Å². The van der Waals surface area contributed by atoms with Crippen LogP contribution >= 0.6 is 0 Å². The fourth-order valence-electron chi connectivity index (χ4n) is 1.79. The molecule has 0 spiro atoms. The Balaban J connectivity index is 2.02. The van der Waals surface area contributed by atoms with Gasteiger partial charge in [-0.25, -0.2) is 0 Å². The quantitative estimate of drug-likeness (QED) is 0.353. The first-order valence-corrected chi connectivity index (χ1v) is 5.74. The van der Waals surface area contributed by atoms with E-state index in [-0.39, 0.29) is 11.6 Å². The summed E-state index contributed by atoms with van der Waals surface area (Å²) in [6.45, 7) is 1.86. The van der Waals surface area contributed by atoms with E-state index >= 15 is 0 Å². The maximum atomic E-state index is 11.7. The van der Waals surface area contributed by atoms with Crippen molar-refractivity contribution in [3.05, 3.63) is 39.9 Å². The van der Waals surface area contributed by atoms with Gasteiger partial charge in [-0.3, -0.25) is 14.9 Å². The maximum Gasteiger partial charge on any atom is 0.278 e. The van der Waals surface area contributed by atoms with E-state index in [1.54, 1.807) is 6.34 Å². The predicted octanol–water partition coefficient (Wildman–Crippen LogP) is 1.86. The Bertz CT molecular complexity index is 476. The molecule has 0 saturated carbocycles. The Labute approximate surface area is 104 Å². The zero-order valence-corrected chi connectivity index (χ0v) is 9.78. The Hall–Kier alpha value is -2.24. The molecule has 1 heterocycles. The summed E-state index contributed by atoms with van der Waals surface area (Å²) in [5.74, 6) is -0.378. The zero-order valence-electron chi connectivity index (χ0n) is 9.78. The highest BCUT2D eigenvalue weighted by Gasteiger charge is 2.10. The normalized spacial score (nSPS) is 15.2. The molecule has 1 aromatic rings. The number of non-ortho nitro benzene ring substituents is 1. The lowest BCUT2D eigenvalue weighted by molar-refractivity contribution is -0.384. The average molecular weight is 247 g/mol. The second-order valence-corrected chi connectivity index (χ2v) is 4.10. The smallest absolute Gasteiger partial charge is 0.278 e. The summed E-state index contributed by atoms with van der Waals surface area (Å²) in [4.78, 5) is 27.5. The van der Waals surface area contributed by atoms with E-state index < -0.39 is 4.92 Å². The minimum atomic E-state index is -0.498. The second-order valence-electron chi connectivity index (χ2n) is 4.10. The summed E-state index contributed by atoms with van der Waals surface area (Å²) in [5.41, 5.74) is 0.325. The molecule has 1 aliphatic heterocycles. The number of hydrogen-bond donors (Lipinski definition) is 0. The fourth-order valence-corrected chi connectivity index (χ4v) is 1.79. The van der Waals surface area contributed by atoms with E-state index in [1.807, 2.05) is 4.90 Å². The van der Waals surface area contributed by atoms with Crippen LogP contribution in [-0.4, -0.2) is 35.2 Å². The topological polar surface area (TPSA) is 75.8 Å². The van der Waals surface area contributed by atoms with Crippen molar-refractivity contribution < 1.29 is 9.72 Å². The van der Waals surface area contributed by atoms with Crippen LogP contribution in [0.3, 0.4) is 0 Å². The van der Waals surface area contributed by atoms with Crippen LogP contribution in [0.4, 0.5) is 5.69 Å². The molecule has 1 saturated heterocycles. The summed E-state index contributed by atoms with van der Waals surface area (Å²) >= 11 is 0. The first-order chi connectivity index (χ1) is 8.66. The molecule has 0 atom stereocenters. The molecule has 2 rings (SSSR count). The molecule has 0 radical (unpaired) electrons. The van der Waals surface area contributed by atoms with Gasteiger partial charge in [-0.15, -0.1) is 0 Å². The molecule has 6 nitrogen and oxygen atoms in total. The van der Waals surface area contributed by atoms with E-state index in [9.17, 15) is 14.9 Å². The van der Waals surface area contributed by atoms with Gasteiger partial charge in [0, 0.05) is 30.8 Å². The second kappa shape index (κ2) is 5.39. The zero-order chi connectivity index (χ0) is 13.0. The van der Waals surface area contributed by atoms with Gasteiger partial charge in [0.05, 0.1) is 11.3 Å². The van der Waals surface area contributed by atoms with Crippen molar-refractivity contribution in [2.24, 2.45) is 4.99 Å². The van der Waals surface area contributed by atoms with Crippen LogP contribution in [0.15, 0.2) is 29.3 Å². The summed E-state index contributed by atoms with van der Waals surface area (Å²) in [6, 6.07) is 5.45. The Morgan fingerprint density at radius 1 is 1.28 bits per heavy atom. The van der Waals surface area contributed by atoms with Gasteiger partial charge in [0.25, 0.3) is 11.6 Å². The molecule has 1 amide bonds. The number of likely N-dealkylation sites (tertiary alicyclic amines) is 1. The average Bonchev–Trinajstić information content (AvgIpc) is 2.89. The van der Waals surface area contributed by atoms with Crippen molar-refractivity contribution in [3.63, 3.8) is 0 Å². The molecular formula is C12H13N3O3. The fraction of sp³-hybridized carbons (Fsp3) is 0.333. The van der Waals surface area contributed by atoms with Crippen LogP contribution in [0.1, 0.15) is 23.2 Å². The van der Waals surface area contributed by atoms with Crippen LogP contribution in [0.25, 0.3) is 0 Å². The number of rotatable bonds is 3. The number of aliphatic imine (C=N–C) groups is 1. The number of nitro benzene ring substituents is 1. The molecule has 0 aliphatic carbocycles. The van der Waals surface area contributed by atoms with E-state index in [4.69, 9.17) is 0 Å². The number of benzene rings is 1. The van der Waals surface area contributed by atoms with Crippen LogP contribution in [0.2, 0.25) is 0 Å². The molecule has 1 aliphatic rings. The molecule has 0 aromatic heterocycles. The molecule has 0 N–H and O–H groups in total. The van der Waals surface area contributed by atoms with Gasteiger partial charge in [-0.2, -0.15) is 4.99 Å². The molecule has 18 heavy (non-hydrogen) atoms. The summed E-state index contributed by atoms with van der Waals surface area (Å²) in [6.07, 6.45) is 3.80. The van der Waals surface area contributed by atoms with E-state index in [2.05, 4.69) is 4.99 Å². The van der Waals surface area contributed by atoms with Gasteiger partial charge < -0.3 is 4.90 Å². The van der Waals surface area contributed by atoms with Crippen molar-refractivity contribution in [2.45, 2.75) is 12.8 Å². The SMILES string of the molecule is O=C(N=CN1CCCC1)c1ccc([N+](=O)[O-])cc1. The third kappa shape index (κ3) is 2.91. The van der Waals surface area contributed by atoms with Crippen molar-refractivity contribution in [1.82, 2.24) is 4.90 Å². The van der Waals surface area contributed by atoms with Crippen molar-refractivity contribution >= 4 is 17.9 Å². The number of amides is 1. The maximum absolute atomic E-state index is 11.7. The van der Waals surface area contributed by atoms with Crippen LogP contribution in [0, 0.1) is 10.1 Å². The molecule has 1 fully saturated rings. The Kier molecular flexibility index (Phi) is 3.66. The third-order valence-electron chi connectivity index (χ3n) is 2.80. The lowest BCUT2D eigenvalue weighted by Crippen LogP contribution is -2.17. The van der Waals surface area contributed by atoms with Crippen molar-refractivity contribution in [1.29, 1.82) is 0 Å². The van der Waals surface area contributed by atoms with Gasteiger partial charge in [0.1, 0.15) is 0 Å². The molecule has 6 heteroatoms. The largest absolute Gasteiger partial charge is 0.362 e. The van der Waals surface area contributed by atoms with Crippen molar-refractivity contribution in [3.8, 4) is 0 Å². The Morgan fingerprint density at radius 2 is 1.89 bits per heavy atom. The van der Waals surface area contributed by atoms with Crippen LogP contribution in [0.5, 0.6) is 0 Å². The van der Waals surface area contributed by atoms with Gasteiger partial charge in [0.15, 0.2) is 0 Å². The summed E-state index contributed by atoms with van der Waals surface area (Å²) in [7, 11) is 0. The summed E-state index contributed by atoms with van der Waals surface area (Å²) in [5, 5.41) is 10.5. The molecule has 94 valence electrons. The Morgan fingerprint density at radius 3 is 2.44 bits per heavy atom. The minimum absolute atomic E-state index is 0.0323. The molecule has 1 aromatic carbocycles. The van der Waals surface area contributed by atoms with Gasteiger partial charge in [-0.05, 0) is 25.0 Å². The van der Waals surface area contributed by atoms with Gasteiger partial charge >= 0.3 is 0 Å². The monoisotopic (exact) mass is 247 g/mol. The minimum Gasteiger partial charge on any atom is -0.362 e. The molecule has 0 bridgehead atoms.